The number of ether oxygens (including phenoxy) is 1. The molecule has 0 aliphatic heterocycles. The minimum absolute atomic E-state index is 0.0156. The molecule has 2 rings (SSSR count). The van der Waals surface area contributed by atoms with Gasteiger partial charge in [-0.1, -0.05) is 12.1 Å². The van der Waals surface area contributed by atoms with Gasteiger partial charge in [-0.3, -0.25) is 4.79 Å². The first kappa shape index (κ1) is 13.9. The Morgan fingerprint density at radius 1 is 1.42 bits per heavy atom. The highest BCUT2D eigenvalue weighted by Crippen LogP contribution is 2.33. The number of carbonyl (C=O) groups is 1. The third-order valence-corrected chi connectivity index (χ3v) is 3.17. The lowest BCUT2D eigenvalue weighted by atomic mass is 10.1. The molecule has 0 spiro atoms. The summed E-state index contributed by atoms with van der Waals surface area (Å²) in [4.78, 5) is 11.9. The molecule has 1 aromatic carbocycles. The van der Waals surface area contributed by atoms with Crippen molar-refractivity contribution in [1.82, 2.24) is 0 Å². The molecule has 1 aliphatic rings. The van der Waals surface area contributed by atoms with E-state index in [-0.39, 0.29) is 18.1 Å². The molecular formula is C15H22N2O2. The number of hydrogen-bond donors (Lipinski definition) is 2. The molecule has 0 heterocycles. The van der Waals surface area contributed by atoms with Crippen molar-refractivity contribution in [3.05, 3.63) is 24.3 Å². The van der Waals surface area contributed by atoms with E-state index in [2.05, 4.69) is 5.32 Å². The molecule has 1 aliphatic carbocycles. The summed E-state index contributed by atoms with van der Waals surface area (Å²) >= 11 is 0. The summed E-state index contributed by atoms with van der Waals surface area (Å²) in [5.74, 6) is 1.19. The third-order valence-electron chi connectivity index (χ3n) is 3.17. The second-order valence-electron chi connectivity index (χ2n) is 5.42. The Kier molecular flexibility index (Phi) is 4.43. The van der Waals surface area contributed by atoms with Crippen molar-refractivity contribution in [3.8, 4) is 5.75 Å². The van der Waals surface area contributed by atoms with Crippen LogP contribution in [0.5, 0.6) is 5.75 Å². The van der Waals surface area contributed by atoms with Crippen molar-refractivity contribution in [2.75, 3.05) is 5.32 Å². The third kappa shape index (κ3) is 4.24. The van der Waals surface area contributed by atoms with Crippen LogP contribution < -0.4 is 15.8 Å². The summed E-state index contributed by atoms with van der Waals surface area (Å²) in [7, 11) is 0. The van der Waals surface area contributed by atoms with Gasteiger partial charge in [-0.25, -0.2) is 0 Å². The molecule has 1 amide bonds. The summed E-state index contributed by atoms with van der Waals surface area (Å²) in [5.41, 5.74) is 6.67. The molecule has 4 heteroatoms. The normalized spacial score (nSPS) is 16.2. The topological polar surface area (TPSA) is 64.3 Å². The molecule has 1 fully saturated rings. The van der Waals surface area contributed by atoms with E-state index >= 15 is 0 Å². The van der Waals surface area contributed by atoms with Gasteiger partial charge in [0.25, 0.3) is 0 Å². The molecule has 0 radical (unpaired) electrons. The van der Waals surface area contributed by atoms with Gasteiger partial charge in [0.05, 0.1) is 11.8 Å². The first-order valence-corrected chi connectivity index (χ1v) is 6.87. The number of nitrogens with two attached hydrogens (primary N) is 1. The molecule has 3 N–H and O–H groups in total. The Bertz CT molecular complexity index is 442. The maximum Gasteiger partial charge on any atom is 0.226 e. The lowest BCUT2D eigenvalue weighted by Crippen LogP contribution is -2.29. The van der Waals surface area contributed by atoms with Gasteiger partial charge in [0.15, 0.2) is 0 Å². The Hall–Kier alpha value is -1.55. The molecule has 0 bridgehead atoms. The van der Waals surface area contributed by atoms with Gasteiger partial charge in [-0.2, -0.15) is 0 Å². The van der Waals surface area contributed by atoms with Gasteiger partial charge in [-0.15, -0.1) is 0 Å². The van der Waals surface area contributed by atoms with E-state index in [4.69, 9.17) is 10.5 Å². The molecule has 4 nitrogen and oxygen atoms in total. The van der Waals surface area contributed by atoms with Crippen LogP contribution in [0, 0.1) is 5.92 Å². The number of carbonyl (C=O) groups excluding carboxylic acids is 1. The highest BCUT2D eigenvalue weighted by Gasteiger charge is 2.29. The van der Waals surface area contributed by atoms with E-state index in [1.54, 1.807) is 0 Å². The van der Waals surface area contributed by atoms with Crippen LogP contribution in [0.4, 0.5) is 5.69 Å². The van der Waals surface area contributed by atoms with Crippen molar-refractivity contribution >= 4 is 11.6 Å². The van der Waals surface area contributed by atoms with E-state index in [1.165, 1.54) is 0 Å². The summed E-state index contributed by atoms with van der Waals surface area (Å²) in [5, 5.41) is 2.89. The lowest BCUT2D eigenvalue weighted by molar-refractivity contribution is -0.116. The Morgan fingerprint density at radius 3 is 2.74 bits per heavy atom. The molecule has 0 aromatic heterocycles. The van der Waals surface area contributed by atoms with Gasteiger partial charge in [0.1, 0.15) is 5.75 Å². The highest BCUT2D eigenvalue weighted by molar-refractivity contribution is 5.92. The predicted octanol–water partition coefficient (Wildman–Crippen LogP) is 2.54. The smallest absolute Gasteiger partial charge is 0.226 e. The maximum atomic E-state index is 11.9. The summed E-state index contributed by atoms with van der Waals surface area (Å²) in [6.45, 7) is 3.92. The quantitative estimate of drug-likeness (QED) is 0.828. The molecular weight excluding hydrogens is 240 g/mol. The maximum absolute atomic E-state index is 11.9. The zero-order chi connectivity index (χ0) is 13.8. The summed E-state index contributed by atoms with van der Waals surface area (Å²) in [6.07, 6.45) is 2.76. The average molecular weight is 262 g/mol. The van der Waals surface area contributed by atoms with Crippen LogP contribution in [0.15, 0.2) is 24.3 Å². The fourth-order valence-electron chi connectivity index (χ4n) is 2.03. The van der Waals surface area contributed by atoms with E-state index in [0.717, 1.165) is 12.8 Å². The van der Waals surface area contributed by atoms with E-state index in [1.807, 2.05) is 38.1 Å². The van der Waals surface area contributed by atoms with E-state index in [9.17, 15) is 4.79 Å². The number of anilines is 1. The number of hydrogen-bond acceptors (Lipinski definition) is 3. The molecule has 19 heavy (non-hydrogen) atoms. The zero-order valence-corrected chi connectivity index (χ0v) is 11.6. The fourth-order valence-corrected chi connectivity index (χ4v) is 2.03. The van der Waals surface area contributed by atoms with Gasteiger partial charge in [-0.05, 0) is 44.7 Å². The van der Waals surface area contributed by atoms with Crippen molar-refractivity contribution in [3.63, 3.8) is 0 Å². The van der Waals surface area contributed by atoms with Crippen LogP contribution in [0.3, 0.4) is 0 Å². The van der Waals surface area contributed by atoms with Crippen molar-refractivity contribution < 1.29 is 9.53 Å². The van der Waals surface area contributed by atoms with Gasteiger partial charge in [0.2, 0.25) is 5.91 Å². The molecule has 104 valence electrons. The zero-order valence-electron chi connectivity index (χ0n) is 11.6. The number of nitrogens with one attached hydrogen (secondary N) is 1. The second kappa shape index (κ2) is 6.06. The van der Waals surface area contributed by atoms with Crippen molar-refractivity contribution in [2.24, 2.45) is 11.7 Å². The van der Waals surface area contributed by atoms with Crippen LogP contribution in [-0.2, 0) is 4.79 Å². The van der Waals surface area contributed by atoms with E-state index < -0.39 is 0 Å². The Morgan fingerprint density at radius 2 is 2.11 bits per heavy atom. The van der Waals surface area contributed by atoms with Crippen LogP contribution in [0.25, 0.3) is 0 Å². The minimum atomic E-state index is -0.0424. The summed E-state index contributed by atoms with van der Waals surface area (Å²) < 4.78 is 5.67. The number of rotatable bonds is 6. The molecule has 1 atom stereocenters. The van der Waals surface area contributed by atoms with Gasteiger partial charge >= 0.3 is 0 Å². The Labute approximate surface area is 114 Å². The fraction of sp³-hybridized carbons (Fsp3) is 0.533. The van der Waals surface area contributed by atoms with Crippen LogP contribution in [-0.4, -0.2) is 18.1 Å². The lowest BCUT2D eigenvalue weighted by Gasteiger charge is -2.16. The second-order valence-corrected chi connectivity index (χ2v) is 5.42. The van der Waals surface area contributed by atoms with Crippen LogP contribution >= 0.6 is 0 Å². The number of para-hydroxylation sites is 2. The van der Waals surface area contributed by atoms with Crippen LogP contribution in [0.2, 0.25) is 0 Å². The van der Waals surface area contributed by atoms with Gasteiger partial charge < -0.3 is 15.8 Å². The largest absolute Gasteiger partial charge is 0.489 e. The molecule has 1 saturated carbocycles. The summed E-state index contributed by atoms with van der Waals surface area (Å²) in [6, 6.07) is 7.46. The Balaban J connectivity index is 1.95. The standard InChI is InChI=1S/C15H22N2O2/c1-10(2)19-14-6-4-3-5-13(14)17-15(18)9-12(16)11-7-8-11/h3-6,10-12H,7-9,16H2,1-2H3,(H,17,18). The van der Waals surface area contributed by atoms with E-state index in [0.29, 0.717) is 23.8 Å². The first-order chi connectivity index (χ1) is 9.06. The van der Waals surface area contributed by atoms with Crippen LogP contribution in [0.1, 0.15) is 33.1 Å². The molecule has 0 saturated heterocycles. The number of benzene rings is 1. The van der Waals surface area contributed by atoms with Crippen molar-refractivity contribution in [1.29, 1.82) is 0 Å². The predicted molar refractivity (Wildman–Crippen MR) is 76.2 cm³/mol. The monoisotopic (exact) mass is 262 g/mol. The molecule has 1 unspecified atom stereocenters. The van der Waals surface area contributed by atoms with Gasteiger partial charge in [0, 0.05) is 12.5 Å². The highest BCUT2D eigenvalue weighted by atomic mass is 16.5. The van der Waals surface area contributed by atoms with Crippen molar-refractivity contribution in [2.45, 2.75) is 45.3 Å². The minimum Gasteiger partial charge on any atom is -0.489 e. The first-order valence-electron chi connectivity index (χ1n) is 6.87. The SMILES string of the molecule is CC(C)Oc1ccccc1NC(=O)CC(N)C1CC1. The molecule has 1 aromatic rings. The average Bonchev–Trinajstić information content (AvgIpc) is 3.14. The number of amides is 1.